The standard InChI is InChI=1S/C22H30FN3OS/c1-25(2)13-14-26(16-18-10-5-6-11-19(18)23)22(27)24-21(17-8-3-4-9-17)20-12-7-15-28-20/h5-7,10-12,15,17,21H,3-4,8-9,13-14,16H2,1-2H3,(H,24,27). The second-order valence-corrected chi connectivity index (χ2v) is 8.78. The third-order valence-electron chi connectivity index (χ3n) is 5.42. The van der Waals surface area contributed by atoms with Crippen LogP contribution in [-0.2, 0) is 6.54 Å². The predicted octanol–water partition coefficient (Wildman–Crippen LogP) is 4.89. The zero-order chi connectivity index (χ0) is 19.9. The summed E-state index contributed by atoms with van der Waals surface area (Å²) in [5, 5.41) is 5.34. The van der Waals surface area contributed by atoms with Crippen LogP contribution in [-0.4, -0.2) is 43.0 Å². The second-order valence-electron chi connectivity index (χ2n) is 7.80. The van der Waals surface area contributed by atoms with Gasteiger partial charge in [-0.3, -0.25) is 0 Å². The number of likely N-dealkylation sites (N-methyl/N-ethyl adjacent to an activating group) is 1. The highest BCUT2D eigenvalue weighted by Crippen LogP contribution is 2.37. The third-order valence-corrected chi connectivity index (χ3v) is 6.38. The molecule has 28 heavy (non-hydrogen) atoms. The summed E-state index contributed by atoms with van der Waals surface area (Å²) in [4.78, 5) is 18.2. The highest BCUT2D eigenvalue weighted by Gasteiger charge is 2.30. The van der Waals surface area contributed by atoms with Gasteiger partial charge in [0, 0.05) is 23.5 Å². The molecule has 1 heterocycles. The van der Waals surface area contributed by atoms with Gasteiger partial charge < -0.3 is 15.1 Å². The summed E-state index contributed by atoms with van der Waals surface area (Å²) in [7, 11) is 3.96. The molecule has 1 atom stereocenters. The van der Waals surface area contributed by atoms with E-state index in [1.807, 2.05) is 31.1 Å². The van der Waals surface area contributed by atoms with Crippen LogP contribution in [0.25, 0.3) is 0 Å². The molecule has 4 nitrogen and oxygen atoms in total. The molecule has 6 heteroatoms. The summed E-state index contributed by atoms with van der Waals surface area (Å²) in [6.45, 7) is 1.55. The average Bonchev–Trinajstić information content (AvgIpc) is 3.38. The molecule has 0 bridgehead atoms. The van der Waals surface area contributed by atoms with Gasteiger partial charge in [-0.2, -0.15) is 0 Å². The molecule has 1 aromatic heterocycles. The first-order valence-corrected chi connectivity index (χ1v) is 10.9. The molecule has 152 valence electrons. The fourth-order valence-electron chi connectivity index (χ4n) is 3.81. The Bertz CT molecular complexity index is 744. The Hall–Kier alpha value is -1.92. The number of amides is 2. The highest BCUT2D eigenvalue weighted by molar-refractivity contribution is 7.10. The summed E-state index contributed by atoms with van der Waals surface area (Å²) in [5.74, 6) is 0.211. The molecule has 0 spiro atoms. The van der Waals surface area contributed by atoms with Gasteiger partial charge in [-0.25, -0.2) is 9.18 Å². The van der Waals surface area contributed by atoms with E-state index in [2.05, 4.69) is 16.8 Å². The van der Waals surface area contributed by atoms with E-state index in [9.17, 15) is 9.18 Å². The van der Waals surface area contributed by atoms with Gasteiger partial charge in [-0.1, -0.05) is 37.1 Å². The molecular weight excluding hydrogens is 373 g/mol. The van der Waals surface area contributed by atoms with Crippen molar-refractivity contribution in [1.82, 2.24) is 15.1 Å². The Morgan fingerprint density at radius 2 is 1.93 bits per heavy atom. The van der Waals surface area contributed by atoms with Gasteiger partial charge in [-0.15, -0.1) is 11.3 Å². The molecule has 1 unspecified atom stereocenters. The third kappa shape index (κ3) is 5.55. The van der Waals surface area contributed by atoms with Crippen molar-refractivity contribution in [2.24, 2.45) is 5.92 Å². The van der Waals surface area contributed by atoms with Crippen LogP contribution >= 0.6 is 11.3 Å². The Kier molecular flexibility index (Phi) is 7.45. The van der Waals surface area contributed by atoms with Gasteiger partial charge in [0.05, 0.1) is 12.6 Å². The number of nitrogens with one attached hydrogen (secondary N) is 1. The van der Waals surface area contributed by atoms with Crippen LogP contribution in [0.2, 0.25) is 0 Å². The first kappa shape index (κ1) is 20.8. The minimum Gasteiger partial charge on any atom is -0.330 e. The molecule has 1 aliphatic rings. The molecule has 1 N–H and O–H groups in total. The Morgan fingerprint density at radius 3 is 2.57 bits per heavy atom. The van der Waals surface area contributed by atoms with Crippen molar-refractivity contribution in [3.05, 3.63) is 58.0 Å². The number of hydrogen-bond acceptors (Lipinski definition) is 3. The van der Waals surface area contributed by atoms with Crippen LogP contribution in [0.4, 0.5) is 9.18 Å². The van der Waals surface area contributed by atoms with Gasteiger partial charge in [0.2, 0.25) is 0 Å². The van der Waals surface area contributed by atoms with Gasteiger partial charge in [0.15, 0.2) is 0 Å². The predicted molar refractivity (Wildman–Crippen MR) is 113 cm³/mol. The monoisotopic (exact) mass is 403 g/mol. The summed E-state index contributed by atoms with van der Waals surface area (Å²) in [6.07, 6.45) is 4.74. The Morgan fingerprint density at radius 1 is 1.18 bits per heavy atom. The highest BCUT2D eigenvalue weighted by atomic mass is 32.1. The molecule has 2 aromatic rings. The van der Waals surface area contributed by atoms with Gasteiger partial charge in [-0.05, 0) is 50.4 Å². The lowest BCUT2D eigenvalue weighted by Gasteiger charge is -2.30. The van der Waals surface area contributed by atoms with Crippen molar-refractivity contribution >= 4 is 17.4 Å². The Labute approximate surface area is 171 Å². The Balaban J connectivity index is 1.75. The maximum atomic E-state index is 14.2. The first-order chi connectivity index (χ1) is 13.5. The van der Waals surface area contributed by atoms with Gasteiger partial charge in [0.25, 0.3) is 0 Å². The molecule has 0 aliphatic heterocycles. The summed E-state index contributed by atoms with van der Waals surface area (Å²) in [5.41, 5.74) is 0.546. The van der Waals surface area contributed by atoms with Crippen LogP contribution in [0.15, 0.2) is 41.8 Å². The maximum Gasteiger partial charge on any atom is 0.318 e. The van der Waals surface area contributed by atoms with E-state index >= 15 is 0 Å². The zero-order valence-corrected chi connectivity index (χ0v) is 17.6. The van der Waals surface area contributed by atoms with Gasteiger partial charge in [0.1, 0.15) is 5.82 Å². The van der Waals surface area contributed by atoms with Gasteiger partial charge >= 0.3 is 6.03 Å². The van der Waals surface area contributed by atoms with E-state index < -0.39 is 0 Å². The molecule has 1 aromatic carbocycles. The summed E-state index contributed by atoms with van der Waals surface area (Å²) >= 11 is 1.69. The van der Waals surface area contributed by atoms with Crippen LogP contribution < -0.4 is 5.32 Å². The van der Waals surface area contributed by atoms with E-state index in [0.717, 1.165) is 19.4 Å². The lowest BCUT2D eigenvalue weighted by molar-refractivity contribution is 0.179. The average molecular weight is 404 g/mol. The van der Waals surface area contributed by atoms with Crippen molar-refractivity contribution in [2.75, 3.05) is 27.2 Å². The van der Waals surface area contributed by atoms with Crippen molar-refractivity contribution in [1.29, 1.82) is 0 Å². The number of benzene rings is 1. The summed E-state index contributed by atoms with van der Waals surface area (Å²) in [6, 6.07) is 10.8. The van der Waals surface area contributed by atoms with Crippen molar-refractivity contribution in [2.45, 2.75) is 38.3 Å². The number of carbonyl (C=O) groups excluding carboxylic acids is 1. The lowest BCUT2D eigenvalue weighted by Crippen LogP contribution is -2.45. The fraction of sp³-hybridized carbons (Fsp3) is 0.500. The topological polar surface area (TPSA) is 35.6 Å². The molecule has 0 saturated heterocycles. The lowest BCUT2D eigenvalue weighted by atomic mass is 9.97. The molecule has 3 rings (SSSR count). The maximum absolute atomic E-state index is 14.2. The molecule has 1 fully saturated rings. The number of rotatable bonds is 8. The van der Waals surface area contributed by atoms with Crippen LogP contribution in [0.5, 0.6) is 0 Å². The molecule has 2 amide bonds. The summed E-state index contributed by atoms with van der Waals surface area (Å²) < 4.78 is 14.2. The number of halogens is 1. The largest absolute Gasteiger partial charge is 0.330 e. The second kappa shape index (κ2) is 10.0. The zero-order valence-electron chi connectivity index (χ0n) is 16.7. The normalized spacial score (nSPS) is 15.7. The van der Waals surface area contributed by atoms with Crippen molar-refractivity contribution < 1.29 is 9.18 Å². The van der Waals surface area contributed by atoms with Crippen LogP contribution in [0.3, 0.4) is 0 Å². The van der Waals surface area contributed by atoms with E-state index in [1.165, 1.54) is 23.8 Å². The first-order valence-electron chi connectivity index (χ1n) is 10.0. The number of nitrogens with zero attached hydrogens (tertiary/aromatic N) is 2. The number of carbonyl (C=O) groups is 1. The number of thiophene rings is 1. The number of hydrogen-bond donors (Lipinski definition) is 1. The van der Waals surface area contributed by atoms with Crippen molar-refractivity contribution in [3.8, 4) is 0 Å². The van der Waals surface area contributed by atoms with E-state index in [0.29, 0.717) is 18.0 Å². The fourth-order valence-corrected chi connectivity index (χ4v) is 4.68. The minimum atomic E-state index is -0.268. The SMILES string of the molecule is CN(C)CCN(Cc1ccccc1F)C(=O)NC(c1cccs1)C1CCCC1. The van der Waals surface area contributed by atoms with Crippen LogP contribution in [0.1, 0.15) is 42.2 Å². The number of urea groups is 1. The molecule has 1 saturated carbocycles. The van der Waals surface area contributed by atoms with Crippen LogP contribution in [0, 0.1) is 11.7 Å². The molecule has 1 aliphatic carbocycles. The smallest absolute Gasteiger partial charge is 0.318 e. The molecular formula is C22H30FN3OS. The quantitative estimate of drug-likeness (QED) is 0.681. The van der Waals surface area contributed by atoms with E-state index in [4.69, 9.17) is 0 Å². The van der Waals surface area contributed by atoms with Crippen molar-refractivity contribution in [3.63, 3.8) is 0 Å². The van der Waals surface area contributed by atoms with E-state index in [1.54, 1.807) is 28.4 Å². The van der Waals surface area contributed by atoms with E-state index in [-0.39, 0.29) is 24.4 Å². The minimum absolute atomic E-state index is 0.0393. The molecule has 0 radical (unpaired) electrons.